The van der Waals surface area contributed by atoms with Gasteiger partial charge in [-0.05, 0) is 30.5 Å². The number of carbonyl (C=O) groups excluding carboxylic acids is 3. The van der Waals surface area contributed by atoms with E-state index < -0.39 is 24.5 Å². The quantitative estimate of drug-likeness (QED) is 0.354. The number of para-hydroxylation sites is 1. The maximum Gasteiger partial charge on any atom is 0.341 e. The molecule has 32 heavy (non-hydrogen) atoms. The van der Waals surface area contributed by atoms with Crippen molar-refractivity contribution in [1.82, 2.24) is 0 Å². The number of hydrogen-bond acceptors (Lipinski definition) is 8. The molecule has 0 saturated carbocycles. The molecule has 0 aliphatic rings. The van der Waals surface area contributed by atoms with Crippen molar-refractivity contribution in [3.63, 3.8) is 0 Å². The molecule has 0 radical (unpaired) electrons. The third-order valence-electron chi connectivity index (χ3n) is 4.19. The lowest BCUT2D eigenvalue weighted by Gasteiger charge is -2.08. The van der Waals surface area contributed by atoms with Gasteiger partial charge in [-0.2, -0.15) is 0 Å². The Morgan fingerprint density at radius 1 is 1.06 bits per heavy atom. The van der Waals surface area contributed by atoms with Crippen LogP contribution in [0.2, 0.25) is 0 Å². The van der Waals surface area contributed by atoms with Crippen LogP contribution in [0.15, 0.2) is 53.2 Å². The summed E-state index contributed by atoms with van der Waals surface area (Å²) in [5.74, 6) is -1.15. The van der Waals surface area contributed by atoms with Crippen molar-refractivity contribution in [2.24, 2.45) is 0 Å². The third kappa shape index (κ3) is 5.83. The molecule has 1 aromatic carbocycles. The molecule has 0 fully saturated rings. The van der Waals surface area contributed by atoms with Crippen LogP contribution in [0.3, 0.4) is 0 Å². The SMILES string of the molecule is CCOC(=O)c1c(-c2cccs2)csc1NC(=O)COC(=O)C=Cc1ccccc1OC. The van der Waals surface area contributed by atoms with Gasteiger partial charge in [-0.15, -0.1) is 22.7 Å². The van der Waals surface area contributed by atoms with E-state index >= 15 is 0 Å². The molecule has 2 aromatic heterocycles. The summed E-state index contributed by atoms with van der Waals surface area (Å²) in [4.78, 5) is 37.7. The summed E-state index contributed by atoms with van der Waals surface area (Å²) >= 11 is 2.69. The highest BCUT2D eigenvalue weighted by molar-refractivity contribution is 7.17. The standard InChI is InChI=1S/C23H21NO6S2/c1-3-29-23(27)21-16(18-9-6-12-31-18)14-32-22(21)24-19(25)13-30-20(26)11-10-15-7-4-5-8-17(15)28-2/h4-12,14H,3,13H2,1-2H3,(H,24,25). The van der Waals surface area contributed by atoms with Crippen LogP contribution in [0.1, 0.15) is 22.8 Å². The maximum absolute atomic E-state index is 12.5. The molecule has 0 spiro atoms. The number of ether oxygens (including phenoxy) is 3. The van der Waals surface area contributed by atoms with Crippen LogP contribution in [0.25, 0.3) is 16.5 Å². The zero-order chi connectivity index (χ0) is 22.9. The van der Waals surface area contributed by atoms with Gasteiger partial charge in [0.05, 0.1) is 13.7 Å². The fourth-order valence-electron chi connectivity index (χ4n) is 2.78. The highest BCUT2D eigenvalue weighted by Gasteiger charge is 2.23. The Labute approximate surface area is 193 Å². The first-order chi connectivity index (χ1) is 15.5. The average molecular weight is 472 g/mol. The lowest BCUT2D eigenvalue weighted by Crippen LogP contribution is -2.21. The molecule has 3 rings (SSSR count). The number of anilines is 1. The van der Waals surface area contributed by atoms with Gasteiger partial charge in [-0.1, -0.05) is 24.3 Å². The van der Waals surface area contributed by atoms with Crippen molar-refractivity contribution in [1.29, 1.82) is 0 Å². The van der Waals surface area contributed by atoms with E-state index in [1.54, 1.807) is 30.5 Å². The van der Waals surface area contributed by atoms with Gasteiger partial charge in [-0.25, -0.2) is 9.59 Å². The van der Waals surface area contributed by atoms with Gasteiger partial charge in [0, 0.05) is 27.5 Å². The summed E-state index contributed by atoms with van der Waals surface area (Å²) in [5.41, 5.74) is 1.68. The summed E-state index contributed by atoms with van der Waals surface area (Å²) in [6.07, 6.45) is 2.76. The normalized spacial score (nSPS) is 10.7. The molecule has 0 bridgehead atoms. The fraction of sp³-hybridized carbons (Fsp3) is 0.174. The Bertz CT molecular complexity index is 1120. The van der Waals surface area contributed by atoms with Gasteiger partial charge in [-0.3, -0.25) is 4.79 Å². The van der Waals surface area contributed by atoms with Crippen LogP contribution in [-0.4, -0.2) is 38.2 Å². The minimum absolute atomic E-state index is 0.210. The predicted molar refractivity (Wildman–Crippen MR) is 125 cm³/mol. The van der Waals surface area contributed by atoms with Gasteiger partial charge in [0.2, 0.25) is 0 Å². The van der Waals surface area contributed by atoms with Crippen LogP contribution in [-0.2, 0) is 19.1 Å². The minimum atomic E-state index is -0.679. The molecular weight excluding hydrogens is 450 g/mol. The molecule has 166 valence electrons. The average Bonchev–Trinajstić information content (AvgIpc) is 3.46. The lowest BCUT2D eigenvalue weighted by atomic mass is 10.1. The first kappa shape index (κ1) is 23.2. The number of esters is 2. The van der Waals surface area contributed by atoms with Crippen LogP contribution < -0.4 is 10.1 Å². The van der Waals surface area contributed by atoms with Crippen LogP contribution in [0.4, 0.5) is 5.00 Å². The molecular formula is C23H21NO6S2. The van der Waals surface area contributed by atoms with Crippen molar-refractivity contribution in [3.8, 4) is 16.2 Å². The molecule has 1 N–H and O–H groups in total. The number of carbonyl (C=O) groups is 3. The number of nitrogens with one attached hydrogen (secondary N) is 1. The molecule has 0 atom stereocenters. The molecule has 1 amide bonds. The molecule has 0 saturated heterocycles. The summed E-state index contributed by atoms with van der Waals surface area (Å²) in [6.45, 7) is 1.43. The van der Waals surface area contributed by atoms with E-state index in [1.807, 2.05) is 29.6 Å². The van der Waals surface area contributed by atoms with Crippen molar-refractivity contribution >= 4 is 51.6 Å². The minimum Gasteiger partial charge on any atom is -0.496 e. The van der Waals surface area contributed by atoms with E-state index in [9.17, 15) is 14.4 Å². The Morgan fingerprint density at radius 2 is 1.88 bits per heavy atom. The highest BCUT2D eigenvalue weighted by atomic mass is 32.1. The third-order valence-corrected chi connectivity index (χ3v) is 5.99. The molecule has 0 unspecified atom stereocenters. The van der Waals surface area contributed by atoms with Crippen molar-refractivity contribution in [2.45, 2.75) is 6.92 Å². The van der Waals surface area contributed by atoms with Crippen LogP contribution in [0.5, 0.6) is 5.75 Å². The van der Waals surface area contributed by atoms with Gasteiger partial charge < -0.3 is 19.5 Å². The smallest absolute Gasteiger partial charge is 0.341 e. The predicted octanol–water partition coefficient (Wildman–Crippen LogP) is 4.86. The van der Waals surface area contributed by atoms with Gasteiger partial charge in [0.15, 0.2) is 6.61 Å². The van der Waals surface area contributed by atoms with E-state index in [0.29, 0.717) is 21.9 Å². The number of methoxy groups -OCH3 is 1. The van der Waals surface area contributed by atoms with Crippen molar-refractivity contribution < 1.29 is 28.6 Å². The first-order valence-electron chi connectivity index (χ1n) is 9.63. The first-order valence-corrected chi connectivity index (χ1v) is 11.4. The zero-order valence-corrected chi connectivity index (χ0v) is 19.1. The van der Waals surface area contributed by atoms with E-state index in [-0.39, 0.29) is 12.2 Å². The number of amides is 1. The maximum atomic E-state index is 12.5. The number of hydrogen-bond donors (Lipinski definition) is 1. The zero-order valence-electron chi connectivity index (χ0n) is 17.5. The highest BCUT2D eigenvalue weighted by Crippen LogP contribution is 2.38. The van der Waals surface area contributed by atoms with E-state index in [1.165, 1.54) is 35.9 Å². The number of benzene rings is 1. The van der Waals surface area contributed by atoms with Crippen molar-refractivity contribution in [2.75, 3.05) is 25.6 Å². The largest absolute Gasteiger partial charge is 0.496 e. The number of rotatable bonds is 9. The molecule has 7 nitrogen and oxygen atoms in total. The van der Waals surface area contributed by atoms with Crippen molar-refractivity contribution in [3.05, 3.63) is 64.4 Å². The second-order valence-electron chi connectivity index (χ2n) is 6.28. The van der Waals surface area contributed by atoms with Gasteiger partial charge in [0.25, 0.3) is 5.91 Å². The fourth-order valence-corrected chi connectivity index (χ4v) is 4.57. The second-order valence-corrected chi connectivity index (χ2v) is 8.11. The molecule has 2 heterocycles. The van der Waals surface area contributed by atoms with Gasteiger partial charge in [0.1, 0.15) is 16.3 Å². The summed E-state index contributed by atoms with van der Waals surface area (Å²) < 4.78 is 15.4. The summed E-state index contributed by atoms with van der Waals surface area (Å²) in [7, 11) is 1.54. The summed E-state index contributed by atoms with van der Waals surface area (Å²) in [5, 5.41) is 6.67. The molecule has 9 heteroatoms. The molecule has 0 aliphatic carbocycles. The Hall–Kier alpha value is -3.43. The van der Waals surface area contributed by atoms with Gasteiger partial charge >= 0.3 is 11.9 Å². The Morgan fingerprint density at radius 3 is 2.59 bits per heavy atom. The topological polar surface area (TPSA) is 90.9 Å². The molecule has 0 aliphatic heterocycles. The van der Waals surface area contributed by atoms with E-state index in [4.69, 9.17) is 14.2 Å². The monoisotopic (exact) mass is 471 g/mol. The van der Waals surface area contributed by atoms with Crippen LogP contribution >= 0.6 is 22.7 Å². The Kier molecular flexibility index (Phi) is 8.18. The Balaban J connectivity index is 1.64. The second kappa shape index (κ2) is 11.3. The number of thiophene rings is 2. The molecule has 3 aromatic rings. The lowest BCUT2D eigenvalue weighted by molar-refractivity contribution is -0.142. The van der Waals surface area contributed by atoms with Crippen LogP contribution in [0, 0.1) is 0 Å². The van der Waals surface area contributed by atoms with E-state index in [2.05, 4.69) is 5.32 Å². The van der Waals surface area contributed by atoms with E-state index in [0.717, 1.165) is 4.88 Å². The summed E-state index contributed by atoms with van der Waals surface area (Å²) in [6, 6.07) is 10.9.